The first-order valence-corrected chi connectivity index (χ1v) is 13.2. The van der Waals surface area contributed by atoms with Gasteiger partial charge in [0.2, 0.25) is 0 Å². The quantitative estimate of drug-likeness (QED) is 0.181. The molecule has 0 aromatic heterocycles. The maximum atomic E-state index is 13.8. The van der Waals surface area contributed by atoms with Crippen LogP contribution in [0.3, 0.4) is 0 Å². The van der Waals surface area contributed by atoms with Crippen molar-refractivity contribution < 1.29 is 47.4 Å². The predicted octanol–water partition coefficient (Wildman–Crippen LogP) is 3.35. The monoisotopic (exact) mass is 526 g/mol. The fourth-order valence-corrected chi connectivity index (χ4v) is 5.43. The SMILES string of the molecule is CCOC(=O)C1(C(=O)OCC)C[C@H](CB2OC(C)(C)C(C)(C)O2)[C@@H](C)CC1(C(=O)OCC)C(=O)OCC. The van der Waals surface area contributed by atoms with Crippen LogP contribution in [-0.2, 0) is 47.4 Å². The molecule has 0 aromatic carbocycles. The van der Waals surface area contributed by atoms with Crippen LogP contribution in [0.2, 0.25) is 6.32 Å². The van der Waals surface area contributed by atoms with E-state index in [2.05, 4.69) is 0 Å². The topological polar surface area (TPSA) is 124 Å². The molecule has 1 aliphatic carbocycles. The normalized spacial score (nSPS) is 25.2. The van der Waals surface area contributed by atoms with Gasteiger partial charge in [0, 0.05) is 0 Å². The molecule has 37 heavy (non-hydrogen) atoms. The first-order valence-electron chi connectivity index (χ1n) is 13.2. The summed E-state index contributed by atoms with van der Waals surface area (Å²) in [5, 5.41) is 0. The molecule has 2 rings (SSSR count). The molecule has 0 amide bonds. The molecule has 0 unspecified atom stereocenters. The zero-order chi connectivity index (χ0) is 28.2. The van der Waals surface area contributed by atoms with Crippen molar-refractivity contribution in [3.05, 3.63) is 0 Å². The molecule has 0 aromatic rings. The highest BCUT2D eigenvalue weighted by atomic mass is 16.7. The summed E-state index contributed by atoms with van der Waals surface area (Å²) in [5.74, 6) is -4.71. The van der Waals surface area contributed by atoms with Crippen molar-refractivity contribution in [1.82, 2.24) is 0 Å². The van der Waals surface area contributed by atoms with E-state index in [1.165, 1.54) is 0 Å². The second-order valence-corrected chi connectivity index (χ2v) is 10.8. The smallest absolute Gasteiger partial charge is 0.458 e. The standard InChI is InChI=1S/C26H43BO10/c1-10-32-19(28)25(20(29)33-11-2)14-17(5)18(16-27-36-23(6,7)24(8,9)37-27)15-26(25,21(30)34-12-3)22(31)35-13-4/h17-18H,10-16H2,1-9H3/t17-,18+/m0/s1. The van der Waals surface area contributed by atoms with Gasteiger partial charge in [-0.05, 0) is 86.4 Å². The van der Waals surface area contributed by atoms with Crippen LogP contribution in [0.1, 0.15) is 75.2 Å². The van der Waals surface area contributed by atoms with E-state index in [0.717, 1.165) is 0 Å². The number of hydrogen-bond donors (Lipinski definition) is 0. The molecule has 0 spiro atoms. The van der Waals surface area contributed by atoms with E-state index >= 15 is 0 Å². The maximum absolute atomic E-state index is 13.8. The third-order valence-corrected chi connectivity index (χ3v) is 8.02. The fourth-order valence-electron chi connectivity index (χ4n) is 5.43. The van der Waals surface area contributed by atoms with Gasteiger partial charge in [-0.15, -0.1) is 0 Å². The van der Waals surface area contributed by atoms with Crippen molar-refractivity contribution in [3.63, 3.8) is 0 Å². The molecule has 1 saturated heterocycles. The van der Waals surface area contributed by atoms with Crippen LogP contribution in [0.4, 0.5) is 0 Å². The summed E-state index contributed by atoms with van der Waals surface area (Å²) in [6.45, 7) is 15.7. The maximum Gasteiger partial charge on any atom is 0.458 e. The number of ether oxygens (including phenoxy) is 4. The molecule has 2 aliphatic rings. The number of carbonyl (C=O) groups excluding carboxylic acids is 4. The molecule has 11 heteroatoms. The summed E-state index contributed by atoms with van der Waals surface area (Å²) in [7, 11) is -0.614. The Morgan fingerprint density at radius 3 is 1.32 bits per heavy atom. The average molecular weight is 526 g/mol. The van der Waals surface area contributed by atoms with Gasteiger partial charge in [-0.3, -0.25) is 19.2 Å². The van der Waals surface area contributed by atoms with E-state index in [1.54, 1.807) is 27.7 Å². The Kier molecular flexibility index (Phi) is 9.85. The lowest BCUT2D eigenvalue weighted by atomic mass is 9.48. The Morgan fingerprint density at radius 2 is 1.00 bits per heavy atom. The van der Waals surface area contributed by atoms with Crippen molar-refractivity contribution in [2.24, 2.45) is 22.7 Å². The average Bonchev–Trinajstić information content (AvgIpc) is 3.00. The van der Waals surface area contributed by atoms with E-state index in [1.807, 2.05) is 34.6 Å². The van der Waals surface area contributed by atoms with Gasteiger partial charge in [0.05, 0.1) is 37.6 Å². The molecular weight excluding hydrogens is 483 g/mol. The summed E-state index contributed by atoms with van der Waals surface area (Å²) >= 11 is 0. The summed E-state index contributed by atoms with van der Waals surface area (Å²) in [6.07, 6.45) is -0.0453. The van der Waals surface area contributed by atoms with Crippen LogP contribution >= 0.6 is 0 Å². The minimum absolute atomic E-state index is 0.0621. The van der Waals surface area contributed by atoms with Gasteiger partial charge in [-0.1, -0.05) is 6.92 Å². The van der Waals surface area contributed by atoms with E-state index < -0.39 is 53.0 Å². The van der Waals surface area contributed by atoms with Crippen LogP contribution in [0, 0.1) is 22.7 Å². The van der Waals surface area contributed by atoms with Crippen molar-refractivity contribution in [3.8, 4) is 0 Å². The van der Waals surface area contributed by atoms with Crippen molar-refractivity contribution in [2.75, 3.05) is 26.4 Å². The van der Waals surface area contributed by atoms with Crippen LogP contribution in [0.5, 0.6) is 0 Å². The third kappa shape index (κ3) is 5.39. The van der Waals surface area contributed by atoms with E-state index in [0.29, 0.717) is 6.32 Å². The molecule has 1 heterocycles. The fraction of sp³-hybridized carbons (Fsp3) is 0.846. The lowest BCUT2D eigenvalue weighted by molar-refractivity contribution is -0.213. The lowest BCUT2D eigenvalue weighted by Crippen LogP contribution is -2.66. The molecule has 1 saturated carbocycles. The number of esters is 4. The number of hydrogen-bond acceptors (Lipinski definition) is 10. The molecule has 10 nitrogen and oxygen atoms in total. The molecule has 1 aliphatic heterocycles. The second kappa shape index (κ2) is 11.7. The minimum Gasteiger partial charge on any atom is -0.465 e. The summed E-state index contributed by atoms with van der Waals surface area (Å²) in [5.41, 5.74) is -5.73. The summed E-state index contributed by atoms with van der Waals surface area (Å²) in [4.78, 5) is 54.8. The van der Waals surface area contributed by atoms with Gasteiger partial charge in [0.15, 0.2) is 10.8 Å². The van der Waals surface area contributed by atoms with Crippen LogP contribution < -0.4 is 0 Å². The van der Waals surface area contributed by atoms with Crippen molar-refractivity contribution >= 4 is 31.0 Å². The minimum atomic E-state index is -2.31. The Balaban J connectivity index is 2.70. The first kappa shape index (κ1) is 31.1. The molecular formula is C26H43BO10. The van der Waals surface area contributed by atoms with Crippen LogP contribution in [-0.4, -0.2) is 68.6 Å². The van der Waals surface area contributed by atoms with Crippen molar-refractivity contribution in [2.45, 2.75) is 92.7 Å². The van der Waals surface area contributed by atoms with Crippen molar-refractivity contribution in [1.29, 1.82) is 0 Å². The Bertz CT molecular complexity index is 815. The lowest BCUT2D eigenvalue weighted by Gasteiger charge is -2.50. The van der Waals surface area contributed by atoms with E-state index in [4.69, 9.17) is 28.3 Å². The molecule has 0 radical (unpaired) electrons. The van der Waals surface area contributed by atoms with E-state index in [9.17, 15) is 19.2 Å². The Morgan fingerprint density at radius 1 is 0.676 bits per heavy atom. The predicted molar refractivity (Wildman–Crippen MR) is 134 cm³/mol. The van der Waals surface area contributed by atoms with Gasteiger partial charge in [-0.25, -0.2) is 0 Å². The highest BCUT2D eigenvalue weighted by Gasteiger charge is 2.76. The Labute approximate surface area is 220 Å². The van der Waals surface area contributed by atoms with Gasteiger partial charge >= 0.3 is 31.0 Å². The summed E-state index contributed by atoms with van der Waals surface area (Å²) in [6, 6.07) is 0. The largest absolute Gasteiger partial charge is 0.465 e. The molecule has 0 bridgehead atoms. The highest BCUT2D eigenvalue weighted by molar-refractivity contribution is 6.45. The van der Waals surface area contributed by atoms with Gasteiger partial charge in [-0.2, -0.15) is 0 Å². The zero-order valence-corrected chi connectivity index (χ0v) is 23.8. The summed E-state index contributed by atoms with van der Waals surface area (Å²) < 4.78 is 33.8. The second-order valence-electron chi connectivity index (χ2n) is 10.8. The van der Waals surface area contributed by atoms with Gasteiger partial charge in [0.25, 0.3) is 0 Å². The first-order chi connectivity index (χ1) is 17.2. The van der Waals surface area contributed by atoms with Gasteiger partial charge < -0.3 is 28.3 Å². The number of carbonyl (C=O) groups is 4. The van der Waals surface area contributed by atoms with Crippen LogP contribution in [0.25, 0.3) is 0 Å². The molecule has 0 N–H and O–H groups in total. The number of rotatable bonds is 10. The van der Waals surface area contributed by atoms with Gasteiger partial charge in [0.1, 0.15) is 0 Å². The molecule has 2 fully saturated rings. The Hall–Kier alpha value is -2.14. The van der Waals surface area contributed by atoms with Crippen LogP contribution in [0.15, 0.2) is 0 Å². The third-order valence-electron chi connectivity index (χ3n) is 8.02. The molecule has 2 atom stereocenters. The zero-order valence-electron chi connectivity index (χ0n) is 23.8. The van der Waals surface area contributed by atoms with E-state index in [-0.39, 0.29) is 51.1 Å². The molecule has 210 valence electrons. The highest BCUT2D eigenvalue weighted by Crippen LogP contribution is 2.59.